The van der Waals surface area contributed by atoms with E-state index >= 15 is 0 Å². The lowest BCUT2D eigenvalue weighted by molar-refractivity contribution is 0.804. The molecule has 0 aliphatic rings. The number of benzene rings is 4. The van der Waals surface area contributed by atoms with Gasteiger partial charge >= 0.3 is 0 Å². The lowest BCUT2D eigenvalue weighted by atomic mass is 10.1. The first-order valence-corrected chi connectivity index (χ1v) is 8.71. The van der Waals surface area contributed by atoms with Crippen molar-refractivity contribution in [1.29, 1.82) is 0 Å². The lowest BCUT2D eigenvalue weighted by Gasteiger charge is -2.27. The fourth-order valence-electron chi connectivity index (χ4n) is 3.32. The van der Waals surface area contributed by atoms with Crippen molar-refractivity contribution in [3.05, 3.63) is 114 Å². The molecule has 0 aliphatic heterocycles. The summed E-state index contributed by atoms with van der Waals surface area (Å²) >= 11 is 0. The smallest absolute Gasteiger partial charge is 0.0451 e. The summed E-state index contributed by atoms with van der Waals surface area (Å²) in [7, 11) is 0. The molecule has 1 nitrogen and oxygen atoms in total. The molecule has 0 fully saturated rings. The van der Waals surface area contributed by atoms with Crippen LogP contribution in [0.3, 0.4) is 0 Å². The predicted octanol–water partition coefficient (Wildman–Crippen LogP) is 6.05. The average Bonchev–Trinajstić information content (AvgIpc) is 2.69. The molecule has 1 heteroatoms. The maximum atomic E-state index is 2.47. The molecule has 0 atom stereocenters. The topological polar surface area (TPSA) is 3.24 Å². The second-order valence-electron chi connectivity index (χ2n) is 6.33. The van der Waals surface area contributed by atoms with Crippen LogP contribution in [-0.2, 0) is 13.1 Å². The molecule has 0 heterocycles. The highest BCUT2D eigenvalue weighted by molar-refractivity contribution is 5.94. The van der Waals surface area contributed by atoms with Gasteiger partial charge in [-0.15, -0.1) is 0 Å². The Morgan fingerprint density at radius 2 is 1.00 bits per heavy atom. The largest absolute Gasteiger partial charge is 0.362 e. The van der Waals surface area contributed by atoms with Crippen LogP contribution in [0.25, 0.3) is 10.8 Å². The van der Waals surface area contributed by atoms with Crippen LogP contribution in [0.4, 0.5) is 5.69 Å². The Hall–Kier alpha value is -3.06. The third-order valence-corrected chi connectivity index (χ3v) is 4.54. The minimum atomic E-state index is 0.893. The fraction of sp³-hybridized carbons (Fsp3) is 0.0833. The summed E-state index contributed by atoms with van der Waals surface area (Å²) in [5, 5.41) is 2.59. The van der Waals surface area contributed by atoms with E-state index in [2.05, 4.69) is 108 Å². The summed E-state index contributed by atoms with van der Waals surface area (Å²) in [5.41, 5.74) is 3.93. The van der Waals surface area contributed by atoms with E-state index in [1.165, 1.54) is 27.6 Å². The maximum Gasteiger partial charge on any atom is 0.0451 e. The molecule has 0 aromatic heterocycles. The van der Waals surface area contributed by atoms with Crippen LogP contribution in [0, 0.1) is 0 Å². The molecule has 25 heavy (non-hydrogen) atoms. The maximum absolute atomic E-state index is 2.47. The zero-order chi connectivity index (χ0) is 16.9. The van der Waals surface area contributed by atoms with Crippen LogP contribution in [0.5, 0.6) is 0 Å². The van der Waals surface area contributed by atoms with Gasteiger partial charge in [-0.3, -0.25) is 0 Å². The first kappa shape index (κ1) is 15.5. The van der Waals surface area contributed by atoms with Gasteiger partial charge in [-0.05, 0) is 22.6 Å². The van der Waals surface area contributed by atoms with Crippen molar-refractivity contribution in [2.45, 2.75) is 13.1 Å². The van der Waals surface area contributed by atoms with E-state index in [-0.39, 0.29) is 0 Å². The SMILES string of the molecule is c1ccc(CN(Cc2ccccc2)c2cccc3ccccc23)cc1. The van der Waals surface area contributed by atoms with E-state index in [0.717, 1.165) is 13.1 Å². The molecule has 0 radical (unpaired) electrons. The van der Waals surface area contributed by atoms with E-state index in [0.29, 0.717) is 0 Å². The molecule has 0 unspecified atom stereocenters. The Balaban J connectivity index is 1.76. The van der Waals surface area contributed by atoms with Crippen LogP contribution < -0.4 is 4.90 Å². The van der Waals surface area contributed by atoms with Gasteiger partial charge in [0.1, 0.15) is 0 Å². The molecule has 0 aliphatic carbocycles. The van der Waals surface area contributed by atoms with E-state index in [1.807, 2.05) is 0 Å². The fourth-order valence-corrected chi connectivity index (χ4v) is 3.32. The molecule has 4 aromatic rings. The molecule has 0 saturated carbocycles. The quantitative estimate of drug-likeness (QED) is 0.432. The lowest BCUT2D eigenvalue weighted by Crippen LogP contribution is -2.22. The number of hydrogen-bond acceptors (Lipinski definition) is 1. The Morgan fingerprint density at radius 1 is 0.480 bits per heavy atom. The summed E-state index contributed by atoms with van der Waals surface area (Å²) in [6.07, 6.45) is 0. The van der Waals surface area contributed by atoms with Crippen molar-refractivity contribution in [3.8, 4) is 0 Å². The van der Waals surface area contributed by atoms with Gasteiger partial charge in [0.05, 0.1) is 0 Å². The Kier molecular flexibility index (Phi) is 4.47. The predicted molar refractivity (Wildman–Crippen MR) is 107 cm³/mol. The molecule has 4 rings (SSSR count). The molecule has 4 aromatic carbocycles. The summed E-state index contributed by atoms with van der Waals surface area (Å²) in [6.45, 7) is 1.79. The third-order valence-electron chi connectivity index (χ3n) is 4.54. The van der Waals surface area contributed by atoms with Crippen molar-refractivity contribution in [3.63, 3.8) is 0 Å². The molecule has 0 N–H and O–H groups in total. The molecular weight excluding hydrogens is 302 g/mol. The van der Waals surface area contributed by atoms with Gasteiger partial charge in [0.25, 0.3) is 0 Å². The van der Waals surface area contributed by atoms with Gasteiger partial charge in [-0.1, -0.05) is 97.1 Å². The van der Waals surface area contributed by atoms with Crippen molar-refractivity contribution in [1.82, 2.24) is 0 Å². The Labute approximate surface area is 149 Å². The highest BCUT2D eigenvalue weighted by atomic mass is 15.1. The Morgan fingerprint density at radius 3 is 1.64 bits per heavy atom. The molecule has 122 valence electrons. The second kappa shape index (κ2) is 7.23. The van der Waals surface area contributed by atoms with E-state index in [4.69, 9.17) is 0 Å². The van der Waals surface area contributed by atoms with E-state index in [1.54, 1.807) is 0 Å². The number of anilines is 1. The number of hydrogen-bond donors (Lipinski definition) is 0. The second-order valence-corrected chi connectivity index (χ2v) is 6.33. The molecule has 0 amide bonds. The summed E-state index contributed by atoms with van der Waals surface area (Å²) in [6, 6.07) is 36.6. The monoisotopic (exact) mass is 323 g/mol. The highest BCUT2D eigenvalue weighted by Gasteiger charge is 2.11. The summed E-state index contributed by atoms with van der Waals surface area (Å²) in [4.78, 5) is 2.47. The highest BCUT2D eigenvalue weighted by Crippen LogP contribution is 2.29. The van der Waals surface area contributed by atoms with Crippen molar-refractivity contribution >= 4 is 16.5 Å². The van der Waals surface area contributed by atoms with E-state index in [9.17, 15) is 0 Å². The van der Waals surface area contributed by atoms with Crippen molar-refractivity contribution in [2.24, 2.45) is 0 Å². The number of nitrogens with zero attached hydrogens (tertiary/aromatic N) is 1. The van der Waals surface area contributed by atoms with Crippen LogP contribution in [0.15, 0.2) is 103 Å². The summed E-state index contributed by atoms with van der Waals surface area (Å²) in [5.74, 6) is 0. The molecule has 0 spiro atoms. The van der Waals surface area contributed by atoms with Gasteiger partial charge in [0, 0.05) is 24.2 Å². The number of fused-ring (bicyclic) bond motifs is 1. The van der Waals surface area contributed by atoms with E-state index < -0.39 is 0 Å². The van der Waals surface area contributed by atoms with Gasteiger partial charge < -0.3 is 4.90 Å². The Bertz CT molecular complexity index is 898. The van der Waals surface area contributed by atoms with Crippen LogP contribution in [-0.4, -0.2) is 0 Å². The van der Waals surface area contributed by atoms with Gasteiger partial charge in [0.15, 0.2) is 0 Å². The van der Waals surface area contributed by atoms with Crippen molar-refractivity contribution in [2.75, 3.05) is 4.90 Å². The van der Waals surface area contributed by atoms with Crippen molar-refractivity contribution < 1.29 is 0 Å². The third kappa shape index (κ3) is 3.56. The molecule has 0 bridgehead atoms. The van der Waals surface area contributed by atoms with Crippen LogP contribution >= 0.6 is 0 Å². The van der Waals surface area contributed by atoms with Gasteiger partial charge in [0.2, 0.25) is 0 Å². The van der Waals surface area contributed by atoms with Crippen LogP contribution in [0.1, 0.15) is 11.1 Å². The molecule has 0 saturated heterocycles. The normalized spacial score (nSPS) is 10.7. The molecular formula is C24H21N. The zero-order valence-corrected chi connectivity index (χ0v) is 14.2. The minimum absolute atomic E-state index is 0.893. The summed E-state index contributed by atoms with van der Waals surface area (Å²) < 4.78 is 0. The van der Waals surface area contributed by atoms with Gasteiger partial charge in [-0.2, -0.15) is 0 Å². The first-order chi connectivity index (χ1) is 12.4. The van der Waals surface area contributed by atoms with Gasteiger partial charge in [-0.25, -0.2) is 0 Å². The minimum Gasteiger partial charge on any atom is -0.362 e. The first-order valence-electron chi connectivity index (χ1n) is 8.71. The average molecular weight is 323 g/mol. The van der Waals surface area contributed by atoms with Crippen LogP contribution in [0.2, 0.25) is 0 Å². The number of rotatable bonds is 5. The zero-order valence-electron chi connectivity index (χ0n) is 14.2. The standard InChI is InChI=1S/C24H21N/c1-3-10-20(11-4-1)18-25(19-21-12-5-2-6-13-21)24-17-9-15-22-14-7-8-16-23(22)24/h1-17H,18-19H2.